The minimum Gasteiger partial charge on any atom is -0.396 e. The van der Waals surface area contributed by atoms with Crippen molar-refractivity contribution < 1.29 is 9.90 Å². The van der Waals surface area contributed by atoms with Crippen molar-refractivity contribution in [1.82, 2.24) is 30.0 Å². The molecule has 12 heteroatoms. The van der Waals surface area contributed by atoms with Crippen LogP contribution in [0.2, 0.25) is 0 Å². The van der Waals surface area contributed by atoms with E-state index in [4.69, 9.17) is 9.97 Å². The Morgan fingerprint density at radius 2 is 1.87 bits per heavy atom. The number of pyridine rings is 1. The number of nitrogens with zero attached hydrogens (tertiary/aromatic N) is 8. The number of aliphatic hydroxyl groups excluding tert-OH is 1. The third-order valence-corrected chi connectivity index (χ3v) is 8.90. The maximum atomic E-state index is 13.7. The van der Waals surface area contributed by atoms with Crippen molar-refractivity contribution in [3.63, 3.8) is 0 Å². The number of aliphatic hydroxyl groups is 1. The summed E-state index contributed by atoms with van der Waals surface area (Å²) in [6.07, 6.45) is 12.2. The maximum absolute atomic E-state index is 13.7. The molecule has 1 unspecified atom stereocenters. The zero-order chi connectivity index (χ0) is 31.9. The highest BCUT2D eigenvalue weighted by Crippen LogP contribution is 2.30. The molecule has 2 amide bonds. The van der Waals surface area contributed by atoms with E-state index in [0.29, 0.717) is 36.2 Å². The summed E-state index contributed by atoms with van der Waals surface area (Å²) in [6, 6.07) is 15.9. The molecule has 6 rings (SSSR count). The first-order valence-electron chi connectivity index (χ1n) is 16.0. The first kappa shape index (κ1) is 31.0. The first-order valence-corrected chi connectivity index (χ1v) is 16.0. The molecule has 1 aromatic carbocycles. The average Bonchev–Trinajstić information content (AvgIpc) is 3.55. The normalized spacial score (nSPS) is 19.7. The summed E-state index contributed by atoms with van der Waals surface area (Å²) in [5, 5.41) is 30.3. The second-order valence-corrected chi connectivity index (χ2v) is 12.2. The Labute approximate surface area is 269 Å². The fourth-order valence-electron chi connectivity index (χ4n) is 6.41. The number of carbonyl (C=O) groups is 1. The van der Waals surface area contributed by atoms with Crippen molar-refractivity contribution in [2.45, 2.75) is 57.2 Å². The Hall–Kier alpha value is -5.02. The number of amides is 2. The largest absolute Gasteiger partial charge is 0.396 e. The first-order chi connectivity index (χ1) is 22.5. The lowest BCUT2D eigenvalue weighted by Crippen LogP contribution is -2.49. The molecule has 1 aliphatic carbocycles. The van der Waals surface area contributed by atoms with Crippen LogP contribution in [0.25, 0.3) is 11.1 Å². The van der Waals surface area contributed by atoms with Crippen LogP contribution in [0.5, 0.6) is 0 Å². The minimum atomic E-state index is -0.176. The Balaban J connectivity index is 1.15. The van der Waals surface area contributed by atoms with E-state index in [9.17, 15) is 15.2 Å². The van der Waals surface area contributed by atoms with Crippen molar-refractivity contribution in [2.75, 3.05) is 34.8 Å². The van der Waals surface area contributed by atoms with E-state index in [-0.39, 0.29) is 30.6 Å². The van der Waals surface area contributed by atoms with Gasteiger partial charge >= 0.3 is 6.03 Å². The van der Waals surface area contributed by atoms with Crippen molar-refractivity contribution >= 4 is 23.6 Å². The fourth-order valence-corrected chi connectivity index (χ4v) is 6.41. The number of anilines is 3. The number of nitrogens with one attached hydrogen (secondary N) is 2. The molecular formula is C34H40N10O2. The van der Waals surface area contributed by atoms with E-state index in [1.165, 1.54) is 0 Å². The topological polar surface area (TPSA) is 148 Å². The molecule has 2 aliphatic rings. The van der Waals surface area contributed by atoms with Gasteiger partial charge in [0.2, 0.25) is 5.95 Å². The Morgan fingerprint density at radius 3 is 2.57 bits per heavy atom. The summed E-state index contributed by atoms with van der Waals surface area (Å²) in [5.41, 5.74) is 3.37. The number of urea groups is 1. The number of hydrogen-bond donors (Lipinski definition) is 3. The molecule has 4 aromatic rings. The summed E-state index contributed by atoms with van der Waals surface area (Å²) >= 11 is 0. The van der Waals surface area contributed by atoms with Gasteiger partial charge in [-0.05, 0) is 62.1 Å². The van der Waals surface area contributed by atoms with Crippen LogP contribution in [0.15, 0.2) is 67.3 Å². The maximum Gasteiger partial charge on any atom is 0.323 e. The predicted octanol–water partition coefficient (Wildman–Crippen LogP) is 4.49. The molecule has 0 spiro atoms. The fraction of sp³-hybridized carbons (Fsp3) is 0.412. The van der Waals surface area contributed by atoms with Gasteiger partial charge in [-0.3, -0.25) is 9.58 Å². The van der Waals surface area contributed by atoms with Gasteiger partial charge in [-0.25, -0.2) is 14.8 Å². The SMILES string of the molecule is Cn1cc(-c2ccc(N(C(=O)NCc3ccccc3)C3CCC(Nc4ncc(C#N)c(N5CCCC(CO)C5)n4)CC3)nc2)cn1. The summed E-state index contributed by atoms with van der Waals surface area (Å²) in [5.74, 6) is 1.90. The van der Waals surface area contributed by atoms with E-state index in [0.717, 1.165) is 61.8 Å². The Bertz CT molecular complexity index is 1640. The van der Waals surface area contributed by atoms with Crippen molar-refractivity contribution in [1.29, 1.82) is 5.26 Å². The predicted molar refractivity (Wildman–Crippen MR) is 176 cm³/mol. The molecule has 2 fully saturated rings. The van der Waals surface area contributed by atoms with Gasteiger partial charge in [0.25, 0.3) is 0 Å². The summed E-state index contributed by atoms with van der Waals surface area (Å²) < 4.78 is 1.75. The van der Waals surface area contributed by atoms with Crippen molar-refractivity contribution in [3.05, 3.63) is 78.4 Å². The number of hydrogen-bond acceptors (Lipinski definition) is 9. The third kappa shape index (κ3) is 7.26. The molecule has 0 bridgehead atoms. The minimum absolute atomic E-state index is 0.0354. The van der Waals surface area contributed by atoms with Gasteiger partial charge in [-0.15, -0.1) is 0 Å². The van der Waals surface area contributed by atoms with Crippen LogP contribution in [-0.4, -0.2) is 67.7 Å². The molecule has 1 atom stereocenters. The molecule has 4 heterocycles. The van der Waals surface area contributed by atoms with Gasteiger partial charge in [0.05, 0.1) is 12.4 Å². The number of carbonyl (C=O) groups excluding carboxylic acids is 1. The molecule has 238 valence electrons. The van der Waals surface area contributed by atoms with Crippen LogP contribution in [0.3, 0.4) is 0 Å². The van der Waals surface area contributed by atoms with Crippen LogP contribution in [0.4, 0.5) is 22.4 Å². The molecule has 1 saturated carbocycles. The third-order valence-electron chi connectivity index (χ3n) is 8.90. The zero-order valence-corrected chi connectivity index (χ0v) is 26.1. The van der Waals surface area contributed by atoms with Crippen LogP contribution in [-0.2, 0) is 13.6 Å². The van der Waals surface area contributed by atoms with E-state index < -0.39 is 0 Å². The van der Waals surface area contributed by atoms with Crippen molar-refractivity contribution in [2.24, 2.45) is 13.0 Å². The molecule has 1 saturated heterocycles. The average molecular weight is 621 g/mol. The van der Waals surface area contributed by atoms with Crippen LogP contribution < -0.4 is 20.4 Å². The summed E-state index contributed by atoms with van der Waals surface area (Å²) in [6.45, 7) is 2.02. The molecule has 0 radical (unpaired) electrons. The standard InChI is InChI=1S/C34H40N10O2/c1-42-22-28(20-39-42)26-9-14-31(36-18-26)44(34(46)38-17-24-6-3-2-4-7-24)30-12-10-29(11-13-30)40-33-37-19-27(16-35)32(41-33)43-15-5-8-25(21-43)23-45/h2-4,6-7,9,14,18-20,22,25,29-30,45H,5,8,10-13,15,17,21,23H2,1H3,(H,38,46)(H,37,40,41). The van der Waals surface area contributed by atoms with E-state index in [2.05, 4.69) is 31.7 Å². The number of benzene rings is 1. The molecule has 1 aliphatic heterocycles. The number of nitriles is 1. The second-order valence-electron chi connectivity index (χ2n) is 12.2. The number of aryl methyl sites for hydroxylation is 1. The lowest BCUT2D eigenvalue weighted by atomic mass is 9.90. The monoisotopic (exact) mass is 620 g/mol. The second kappa shape index (κ2) is 14.4. The smallest absolute Gasteiger partial charge is 0.323 e. The molecule has 3 N–H and O–H groups in total. The highest BCUT2D eigenvalue weighted by Gasteiger charge is 2.31. The molecule has 3 aromatic heterocycles. The molecular weight excluding hydrogens is 580 g/mol. The highest BCUT2D eigenvalue weighted by molar-refractivity contribution is 5.91. The lowest BCUT2D eigenvalue weighted by molar-refractivity contribution is 0.208. The van der Waals surface area contributed by atoms with Gasteiger partial charge in [-0.2, -0.15) is 15.3 Å². The number of piperidine rings is 1. The van der Waals surface area contributed by atoms with Gasteiger partial charge in [0, 0.05) is 68.9 Å². The van der Waals surface area contributed by atoms with Gasteiger partial charge < -0.3 is 20.6 Å². The van der Waals surface area contributed by atoms with E-state index in [1.54, 1.807) is 28.2 Å². The zero-order valence-electron chi connectivity index (χ0n) is 26.1. The quantitative estimate of drug-likeness (QED) is 0.246. The van der Waals surface area contributed by atoms with Crippen LogP contribution in [0.1, 0.15) is 49.7 Å². The highest BCUT2D eigenvalue weighted by atomic mass is 16.3. The Kier molecular flexibility index (Phi) is 9.69. The Morgan fingerprint density at radius 1 is 1.04 bits per heavy atom. The lowest BCUT2D eigenvalue weighted by Gasteiger charge is -2.36. The molecule has 12 nitrogen and oxygen atoms in total. The van der Waals surface area contributed by atoms with Gasteiger partial charge in [-0.1, -0.05) is 30.3 Å². The summed E-state index contributed by atoms with van der Waals surface area (Å²) in [4.78, 5) is 31.5. The van der Waals surface area contributed by atoms with Gasteiger partial charge in [0.15, 0.2) is 5.82 Å². The van der Waals surface area contributed by atoms with E-state index >= 15 is 0 Å². The van der Waals surface area contributed by atoms with Crippen LogP contribution >= 0.6 is 0 Å². The number of rotatable bonds is 9. The molecule has 46 heavy (non-hydrogen) atoms. The van der Waals surface area contributed by atoms with E-state index in [1.807, 2.05) is 55.7 Å². The summed E-state index contributed by atoms with van der Waals surface area (Å²) in [7, 11) is 1.88. The van der Waals surface area contributed by atoms with Crippen LogP contribution in [0, 0.1) is 17.2 Å². The van der Waals surface area contributed by atoms with Crippen molar-refractivity contribution in [3.8, 4) is 17.2 Å². The van der Waals surface area contributed by atoms with Gasteiger partial charge in [0.1, 0.15) is 17.5 Å². The number of aromatic nitrogens is 5.